The fourth-order valence-electron chi connectivity index (χ4n) is 2.56. The maximum absolute atomic E-state index is 12.4. The van der Waals surface area contributed by atoms with Crippen LogP contribution in [0.5, 0.6) is 0 Å². The smallest absolute Gasteiger partial charge is 0.419 e. The lowest BCUT2D eigenvalue weighted by Gasteiger charge is -2.28. The van der Waals surface area contributed by atoms with E-state index in [1.807, 2.05) is 0 Å². The van der Waals surface area contributed by atoms with Crippen LogP contribution in [0, 0.1) is 22.0 Å². The third kappa shape index (κ3) is 11.3. The number of hydrogen-bond donors (Lipinski definition) is 0. The van der Waals surface area contributed by atoms with E-state index in [4.69, 9.17) is 9.47 Å². The van der Waals surface area contributed by atoms with Crippen LogP contribution >= 0.6 is 0 Å². The van der Waals surface area contributed by atoms with Crippen molar-refractivity contribution in [1.82, 2.24) is 4.90 Å². The van der Waals surface area contributed by atoms with Crippen LogP contribution in [0.4, 0.5) is 15.3 Å². The standard InChI is InChI=1S/C24H34N2O6/c1-23(2,3)31-21(27)25(22(28)32-24(4,5)6)18-12-10-8-7-9-11-13-19-14-16-20(17-15-19)26(29)30/h14-17H,7-10,12,18H2,1-6H3. The topological polar surface area (TPSA) is 99.0 Å². The zero-order valence-corrected chi connectivity index (χ0v) is 19.9. The number of benzene rings is 1. The highest BCUT2D eigenvalue weighted by Gasteiger charge is 2.30. The summed E-state index contributed by atoms with van der Waals surface area (Å²) in [7, 11) is 0. The average molecular weight is 447 g/mol. The first kappa shape index (κ1) is 27.0. The molecule has 1 rings (SSSR count). The molecule has 0 aliphatic carbocycles. The summed E-state index contributed by atoms with van der Waals surface area (Å²) in [6.07, 6.45) is 2.50. The molecule has 32 heavy (non-hydrogen) atoms. The minimum absolute atomic E-state index is 0.0438. The summed E-state index contributed by atoms with van der Waals surface area (Å²) in [6, 6.07) is 6.14. The van der Waals surface area contributed by atoms with Gasteiger partial charge in [-0.2, -0.15) is 0 Å². The Labute approximate surface area is 190 Å². The third-order valence-electron chi connectivity index (χ3n) is 3.97. The fourth-order valence-corrected chi connectivity index (χ4v) is 2.56. The Balaban J connectivity index is 2.45. The second-order valence-corrected chi connectivity index (χ2v) is 9.38. The first-order valence-electron chi connectivity index (χ1n) is 10.8. The van der Waals surface area contributed by atoms with Gasteiger partial charge in [0.25, 0.3) is 5.69 Å². The molecular weight excluding hydrogens is 412 g/mol. The van der Waals surface area contributed by atoms with E-state index in [0.29, 0.717) is 12.8 Å². The van der Waals surface area contributed by atoms with Crippen molar-refractivity contribution >= 4 is 17.9 Å². The van der Waals surface area contributed by atoms with Crippen molar-refractivity contribution < 1.29 is 24.0 Å². The summed E-state index contributed by atoms with van der Waals surface area (Å²) in [4.78, 5) is 36.1. The molecular formula is C24H34N2O6. The van der Waals surface area contributed by atoms with Crippen molar-refractivity contribution in [3.63, 3.8) is 0 Å². The van der Waals surface area contributed by atoms with Crippen LogP contribution in [0.1, 0.15) is 79.2 Å². The molecule has 0 saturated carbocycles. The van der Waals surface area contributed by atoms with E-state index in [1.165, 1.54) is 12.1 Å². The zero-order chi connectivity index (χ0) is 24.4. The minimum Gasteiger partial charge on any atom is -0.443 e. The Morgan fingerprint density at radius 3 is 1.88 bits per heavy atom. The molecule has 0 aliphatic rings. The minimum atomic E-state index is -0.709. The summed E-state index contributed by atoms with van der Waals surface area (Å²) in [5.41, 5.74) is -0.636. The fraction of sp³-hybridized carbons (Fsp3) is 0.583. The molecule has 0 unspecified atom stereocenters. The van der Waals surface area contributed by atoms with Crippen molar-refractivity contribution in [1.29, 1.82) is 0 Å². The number of rotatable bonds is 7. The molecule has 0 bridgehead atoms. The van der Waals surface area contributed by atoms with Crippen LogP contribution in [0.3, 0.4) is 0 Å². The molecule has 0 spiro atoms. The van der Waals surface area contributed by atoms with Gasteiger partial charge < -0.3 is 9.47 Å². The number of nitro benzene ring substituents is 1. The number of carbonyl (C=O) groups is 2. The molecule has 8 nitrogen and oxygen atoms in total. The van der Waals surface area contributed by atoms with E-state index in [9.17, 15) is 19.7 Å². The Morgan fingerprint density at radius 2 is 1.41 bits per heavy atom. The van der Waals surface area contributed by atoms with Crippen LogP contribution in [0.15, 0.2) is 24.3 Å². The Morgan fingerprint density at radius 1 is 0.906 bits per heavy atom. The molecule has 0 N–H and O–H groups in total. The van der Waals surface area contributed by atoms with Gasteiger partial charge in [-0.25, -0.2) is 14.5 Å². The number of imide groups is 1. The molecule has 0 radical (unpaired) electrons. The van der Waals surface area contributed by atoms with Crippen molar-refractivity contribution in [2.75, 3.05) is 6.54 Å². The van der Waals surface area contributed by atoms with Crippen LogP contribution in [-0.4, -0.2) is 39.8 Å². The van der Waals surface area contributed by atoms with Crippen molar-refractivity contribution in [2.45, 2.75) is 84.8 Å². The Hall–Kier alpha value is -3.08. The lowest BCUT2D eigenvalue weighted by atomic mass is 10.1. The second kappa shape index (κ2) is 12.1. The molecule has 0 saturated heterocycles. The summed E-state index contributed by atoms with van der Waals surface area (Å²) in [5, 5.41) is 10.7. The maximum atomic E-state index is 12.4. The van der Waals surface area contributed by atoms with E-state index in [2.05, 4.69) is 11.8 Å². The van der Waals surface area contributed by atoms with Crippen molar-refractivity contribution in [3.05, 3.63) is 39.9 Å². The molecule has 0 aromatic heterocycles. The number of nitro groups is 1. The number of unbranched alkanes of at least 4 members (excludes halogenated alkanes) is 4. The largest absolute Gasteiger partial charge is 0.443 e. The molecule has 0 atom stereocenters. The van der Waals surface area contributed by atoms with Crippen LogP contribution < -0.4 is 0 Å². The number of nitrogens with zero attached hydrogens (tertiary/aromatic N) is 2. The zero-order valence-electron chi connectivity index (χ0n) is 19.9. The molecule has 176 valence electrons. The van der Waals surface area contributed by atoms with Crippen LogP contribution in [0.2, 0.25) is 0 Å². The summed E-state index contributed by atoms with van der Waals surface area (Å²) in [6.45, 7) is 10.7. The number of carbonyl (C=O) groups excluding carboxylic acids is 2. The van der Waals surface area contributed by atoms with E-state index >= 15 is 0 Å². The molecule has 1 aromatic carbocycles. The van der Waals surface area contributed by atoms with Crippen molar-refractivity contribution in [2.24, 2.45) is 0 Å². The SMILES string of the molecule is CC(C)(C)OC(=O)N(CCCCCCC#Cc1ccc([N+](=O)[O-])cc1)C(=O)OC(C)(C)C. The van der Waals surface area contributed by atoms with Gasteiger partial charge in [-0.3, -0.25) is 10.1 Å². The molecule has 1 aromatic rings. The lowest BCUT2D eigenvalue weighted by molar-refractivity contribution is -0.384. The number of amides is 2. The summed E-state index contributed by atoms with van der Waals surface area (Å²) in [5.74, 6) is 6.05. The Bertz CT molecular complexity index is 810. The maximum Gasteiger partial charge on any atom is 0.419 e. The van der Waals surface area contributed by atoms with Crippen molar-refractivity contribution in [3.8, 4) is 11.8 Å². The lowest BCUT2D eigenvalue weighted by Crippen LogP contribution is -2.44. The number of non-ortho nitro benzene ring substituents is 1. The second-order valence-electron chi connectivity index (χ2n) is 9.38. The molecule has 0 heterocycles. The van der Waals surface area contributed by atoms with Gasteiger partial charge in [0.2, 0.25) is 0 Å². The quantitative estimate of drug-likeness (QED) is 0.218. The molecule has 0 aliphatic heterocycles. The first-order chi connectivity index (χ1) is 14.8. The highest BCUT2D eigenvalue weighted by Crippen LogP contribution is 2.16. The first-order valence-corrected chi connectivity index (χ1v) is 10.8. The van der Waals surface area contributed by atoms with E-state index in [0.717, 1.165) is 29.7 Å². The van der Waals surface area contributed by atoms with Gasteiger partial charge in [0, 0.05) is 30.7 Å². The highest BCUT2D eigenvalue weighted by atomic mass is 16.6. The van der Waals surface area contributed by atoms with Gasteiger partial charge in [0.05, 0.1) is 4.92 Å². The van der Waals surface area contributed by atoms with Crippen LogP contribution in [-0.2, 0) is 9.47 Å². The monoisotopic (exact) mass is 446 g/mol. The predicted octanol–water partition coefficient (Wildman–Crippen LogP) is 6.07. The number of ether oxygens (including phenoxy) is 2. The molecule has 0 fully saturated rings. The van der Waals surface area contributed by atoms with Gasteiger partial charge in [0.1, 0.15) is 11.2 Å². The van der Waals surface area contributed by atoms with E-state index < -0.39 is 28.3 Å². The Kier molecular flexibility index (Phi) is 10.2. The average Bonchev–Trinajstić information content (AvgIpc) is 2.64. The van der Waals surface area contributed by atoms with Gasteiger partial charge in [-0.15, -0.1) is 0 Å². The highest BCUT2D eigenvalue weighted by molar-refractivity contribution is 5.88. The molecule has 8 heteroatoms. The van der Waals surface area contributed by atoms with Gasteiger partial charge in [0.15, 0.2) is 0 Å². The van der Waals surface area contributed by atoms with Crippen LogP contribution in [0.25, 0.3) is 0 Å². The van der Waals surface area contributed by atoms with Gasteiger partial charge >= 0.3 is 12.2 Å². The normalized spacial score (nSPS) is 11.2. The third-order valence-corrected chi connectivity index (χ3v) is 3.97. The van der Waals surface area contributed by atoms with Gasteiger partial charge in [-0.05, 0) is 66.5 Å². The van der Waals surface area contributed by atoms with Gasteiger partial charge in [-0.1, -0.05) is 24.7 Å². The summed E-state index contributed by atoms with van der Waals surface area (Å²) >= 11 is 0. The summed E-state index contributed by atoms with van der Waals surface area (Å²) < 4.78 is 10.7. The number of hydrogen-bond acceptors (Lipinski definition) is 6. The van der Waals surface area contributed by atoms with E-state index in [1.54, 1.807) is 53.7 Å². The predicted molar refractivity (Wildman–Crippen MR) is 122 cm³/mol. The molecule has 2 amide bonds. The van der Waals surface area contributed by atoms with E-state index in [-0.39, 0.29) is 12.2 Å².